The molecule has 6 heteroatoms. The number of rotatable bonds is 5. The highest BCUT2D eigenvalue weighted by atomic mass is 35.5. The number of allylic oxidation sites excluding steroid dienone is 2. The van der Waals surface area contributed by atoms with E-state index in [-0.39, 0.29) is 16.8 Å². The van der Waals surface area contributed by atoms with Gasteiger partial charge in [0.05, 0.1) is 11.0 Å². The molecule has 0 radical (unpaired) electrons. The minimum Gasteiger partial charge on any atom is -0.378 e. The third kappa shape index (κ3) is 3.95. The van der Waals surface area contributed by atoms with Crippen molar-refractivity contribution in [3.63, 3.8) is 0 Å². The summed E-state index contributed by atoms with van der Waals surface area (Å²) in [7, 11) is 0. The molecule has 3 aromatic carbocycles. The van der Waals surface area contributed by atoms with Gasteiger partial charge >= 0.3 is 0 Å². The van der Waals surface area contributed by atoms with Gasteiger partial charge in [0.1, 0.15) is 5.02 Å². The molecule has 0 fully saturated rings. The summed E-state index contributed by atoms with van der Waals surface area (Å²) in [4.78, 5) is 12.2. The Balaban J connectivity index is 1.43. The monoisotopic (exact) mass is 448 g/mol. The molecule has 0 amide bonds. The zero-order chi connectivity index (χ0) is 21.4. The third-order valence-corrected chi connectivity index (χ3v) is 7.50. The lowest BCUT2D eigenvalue weighted by molar-refractivity contribution is -0.384. The van der Waals surface area contributed by atoms with E-state index in [1.54, 1.807) is 12.1 Å². The van der Waals surface area contributed by atoms with Gasteiger partial charge < -0.3 is 5.32 Å². The van der Waals surface area contributed by atoms with Gasteiger partial charge in [-0.2, -0.15) is 0 Å². The first kappa shape index (κ1) is 20.2. The molecule has 4 nitrogen and oxygen atoms in total. The topological polar surface area (TPSA) is 55.2 Å². The molecular weight excluding hydrogens is 428 g/mol. The molecule has 1 N–H and O–H groups in total. The zero-order valence-corrected chi connectivity index (χ0v) is 18.3. The van der Waals surface area contributed by atoms with E-state index in [1.165, 1.54) is 16.0 Å². The van der Waals surface area contributed by atoms with Crippen LogP contribution in [-0.4, -0.2) is 4.92 Å². The van der Waals surface area contributed by atoms with Crippen molar-refractivity contribution >= 4 is 34.7 Å². The predicted molar refractivity (Wildman–Crippen MR) is 127 cm³/mol. The molecule has 2 aliphatic rings. The van der Waals surface area contributed by atoms with Gasteiger partial charge in [0.2, 0.25) is 0 Å². The number of nitrogens with one attached hydrogen (secondary N) is 1. The number of halogens is 1. The molecule has 156 valence electrons. The largest absolute Gasteiger partial charge is 0.378 e. The number of anilines is 1. The maximum atomic E-state index is 11.4. The molecule has 1 heterocycles. The highest BCUT2D eigenvalue weighted by molar-refractivity contribution is 7.98. The molecule has 3 aromatic rings. The van der Waals surface area contributed by atoms with Crippen molar-refractivity contribution in [1.29, 1.82) is 0 Å². The summed E-state index contributed by atoms with van der Waals surface area (Å²) >= 11 is 7.88. The standard InChI is InChI=1S/C25H21ClN2O2S/c26-22-11-10-17(14-24(22)28(29)30)25-20-8-4-7-19(20)21-13-16(9-12-23(21)27-25)15-31-18-5-2-1-3-6-18/h1-7,9-14,19-20,25,27H,8,15H2/t19-,20-,25+/m1/s1. The summed E-state index contributed by atoms with van der Waals surface area (Å²) in [5, 5.41) is 15.2. The Kier molecular flexibility index (Phi) is 5.47. The minimum atomic E-state index is -0.413. The molecular formula is C25H21ClN2O2S. The summed E-state index contributed by atoms with van der Waals surface area (Å²) in [5.41, 5.74) is 4.58. The van der Waals surface area contributed by atoms with Crippen LogP contribution in [0.1, 0.15) is 35.1 Å². The van der Waals surface area contributed by atoms with E-state index in [0.29, 0.717) is 11.8 Å². The van der Waals surface area contributed by atoms with Crippen LogP contribution in [0, 0.1) is 16.0 Å². The molecule has 1 aliphatic heterocycles. The first-order valence-electron chi connectivity index (χ1n) is 10.3. The van der Waals surface area contributed by atoms with Crippen LogP contribution in [0.2, 0.25) is 5.02 Å². The van der Waals surface area contributed by atoms with E-state index < -0.39 is 4.92 Å². The predicted octanol–water partition coefficient (Wildman–Crippen LogP) is 7.37. The second kappa shape index (κ2) is 8.40. The Bertz CT molecular complexity index is 1170. The van der Waals surface area contributed by atoms with Gasteiger partial charge in [0.25, 0.3) is 5.69 Å². The lowest BCUT2D eigenvalue weighted by Gasteiger charge is -2.37. The molecule has 0 unspecified atom stereocenters. The van der Waals surface area contributed by atoms with Crippen LogP contribution >= 0.6 is 23.4 Å². The van der Waals surface area contributed by atoms with E-state index in [4.69, 9.17) is 11.6 Å². The first-order valence-corrected chi connectivity index (χ1v) is 11.6. The molecule has 0 spiro atoms. The van der Waals surface area contributed by atoms with Gasteiger partial charge in [0.15, 0.2) is 0 Å². The number of thioether (sulfide) groups is 1. The Morgan fingerprint density at radius 2 is 1.94 bits per heavy atom. The van der Waals surface area contributed by atoms with Crippen LogP contribution in [0.4, 0.5) is 11.4 Å². The lowest BCUT2D eigenvalue weighted by Crippen LogP contribution is -2.29. The molecule has 0 saturated heterocycles. The Labute approximate surface area is 190 Å². The Morgan fingerprint density at radius 1 is 1.10 bits per heavy atom. The number of hydrogen-bond donors (Lipinski definition) is 1. The van der Waals surface area contributed by atoms with E-state index >= 15 is 0 Å². The Morgan fingerprint density at radius 3 is 2.74 bits per heavy atom. The molecule has 5 rings (SSSR count). The molecule has 1 aliphatic carbocycles. The lowest BCUT2D eigenvalue weighted by atomic mass is 9.76. The van der Waals surface area contributed by atoms with E-state index in [2.05, 4.69) is 59.9 Å². The van der Waals surface area contributed by atoms with Gasteiger partial charge in [-0.25, -0.2) is 0 Å². The summed E-state index contributed by atoms with van der Waals surface area (Å²) in [6.45, 7) is 0. The minimum absolute atomic E-state index is 0.00742. The van der Waals surface area contributed by atoms with Crippen molar-refractivity contribution in [3.8, 4) is 0 Å². The van der Waals surface area contributed by atoms with Crippen molar-refractivity contribution in [1.82, 2.24) is 0 Å². The van der Waals surface area contributed by atoms with E-state index in [0.717, 1.165) is 23.4 Å². The highest BCUT2D eigenvalue weighted by Crippen LogP contribution is 2.50. The SMILES string of the molecule is O=[N+]([O-])c1cc([C@@H]2Nc3ccc(CSc4ccccc4)cc3[C@@H]3C=CC[C@H]32)ccc1Cl. The van der Waals surface area contributed by atoms with Crippen molar-refractivity contribution < 1.29 is 4.92 Å². The van der Waals surface area contributed by atoms with E-state index in [9.17, 15) is 10.1 Å². The summed E-state index contributed by atoms with van der Waals surface area (Å²) < 4.78 is 0. The van der Waals surface area contributed by atoms with Crippen LogP contribution in [0.15, 0.2) is 83.8 Å². The average Bonchev–Trinajstić information content (AvgIpc) is 3.28. The fourth-order valence-electron chi connectivity index (χ4n) is 4.61. The molecule has 31 heavy (non-hydrogen) atoms. The summed E-state index contributed by atoms with van der Waals surface area (Å²) in [5.74, 6) is 1.55. The van der Waals surface area contributed by atoms with Gasteiger partial charge in [-0.15, -0.1) is 11.8 Å². The van der Waals surface area contributed by atoms with Crippen molar-refractivity contribution in [3.05, 3.63) is 111 Å². The number of nitrogens with zero attached hydrogens (tertiary/aromatic N) is 1. The van der Waals surface area contributed by atoms with E-state index in [1.807, 2.05) is 23.9 Å². The fraction of sp³-hybridized carbons (Fsp3) is 0.200. The van der Waals surface area contributed by atoms with Crippen LogP contribution < -0.4 is 5.32 Å². The Hall–Kier alpha value is -2.76. The highest BCUT2D eigenvalue weighted by Gasteiger charge is 2.38. The van der Waals surface area contributed by atoms with Crippen LogP contribution in [0.25, 0.3) is 0 Å². The maximum absolute atomic E-state index is 11.4. The molecule has 0 aromatic heterocycles. The van der Waals surface area contributed by atoms with Crippen LogP contribution in [-0.2, 0) is 5.75 Å². The molecule has 0 saturated carbocycles. The fourth-order valence-corrected chi connectivity index (χ4v) is 5.66. The second-order valence-electron chi connectivity index (χ2n) is 7.97. The zero-order valence-electron chi connectivity index (χ0n) is 16.7. The second-order valence-corrected chi connectivity index (χ2v) is 9.42. The maximum Gasteiger partial charge on any atom is 0.288 e. The first-order chi connectivity index (χ1) is 15.1. The van der Waals surface area contributed by atoms with Gasteiger partial charge in [-0.05, 0) is 53.3 Å². The number of nitro benzene ring substituents is 1. The van der Waals surface area contributed by atoms with Gasteiger partial charge in [0, 0.05) is 28.3 Å². The van der Waals surface area contributed by atoms with Crippen LogP contribution in [0.3, 0.4) is 0 Å². The number of benzene rings is 3. The third-order valence-electron chi connectivity index (χ3n) is 6.10. The average molecular weight is 449 g/mol. The smallest absolute Gasteiger partial charge is 0.288 e. The number of nitro groups is 1. The van der Waals surface area contributed by atoms with Crippen LogP contribution in [0.5, 0.6) is 0 Å². The number of hydrogen-bond acceptors (Lipinski definition) is 4. The molecule has 3 atom stereocenters. The normalized spacial score (nSPS) is 21.3. The van der Waals surface area contributed by atoms with Gasteiger partial charge in [-0.3, -0.25) is 10.1 Å². The quantitative estimate of drug-likeness (QED) is 0.191. The number of fused-ring (bicyclic) bond motifs is 3. The van der Waals surface area contributed by atoms with Crippen molar-refractivity contribution in [2.45, 2.75) is 29.0 Å². The van der Waals surface area contributed by atoms with Gasteiger partial charge in [-0.1, -0.05) is 60.2 Å². The van der Waals surface area contributed by atoms with Crippen molar-refractivity contribution in [2.24, 2.45) is 5.92 Å². The summed E-state index contributed by atoms with van der Waals surface area (Å²) in [6, 6.07) is 22.2. The summed E-state index contributed by atoms with van der Waals surface area (Å²) in [6.07, 6.45) is 5.46. The molecule has 0 bridgehead atoms. The van der Waals surface area contributed by atoms with Crippen molar-refractivity contribution in [2.75, 3.05) is 5.32 Å².